The van der Waals surface area contributed by atoms with Crippen LogP contribution in [0, 0.1) is 0 Å². The van der Waals surface area contributed by atoms with Crippen molar-refractivity contribution in [1.82, 2.24) is 19.9 Å². The third kappa shape index (κ3) is 4.72. The molecule has 0 spiro atoms. The lowest BCUT2D eigenvalue weighted by molar-refractivity contribution is 0.102. The number of carbonyl (C=O) groups is 2. The van der Waals surface area contributed by atoms with E-state index in [4.69, 9.17) is 9.47 Å². The van der Waals surface area contributed by atoms with Crippen molar-refractivity contribution >= 4 is 34.1 Å². The van der Waals surface area contributed by atoms with E-state index >= 15 is 0 Å². The van der Waals surface area contributed by atoms with Crippen LogP contribution in [0.2, 0.25) is 0 Å². The fraction of sp³-hybridized carbons (Fsp3) is 0.250. The molecular weight excluding hydrogens is 420 g/mol. The lowest BCUT2D eigenvalue weighted by Gasteiger charge is -2.26. The number of methoxy groups -OCH3 is 2. The first-order valence-electron chi connectivity index (χ1n) is 9.40. The number of ether oxygens (including phenoxy) is 2. The second-order valence-corrected chi connectivity index (χ2v) is 7.72. The molecule has 2 N–H and O–H groups in total. The number of benzene rings is 1. The first kappa shape index (κ1) is 20.5. The summed E-state index contributed by atoms with van der Waals surface area (Å²) in [6, 6.07) is 4.95. The smallest absolute Gasteiger partial charge is 0.322 e. The van der Waals surface area contributed by atoms with Crippen molar-refractivity contribution in [3.05, 3.63) is 53.1 Å². The Morgan fingerprint density at radius 2 is 1.87 bits per heavy atom. The maximum Gasteiger partial charge on any atom is 0.322 e. The van der Waals surface area contributed by atoms with E-state index in [1.807, 2.05) is 0 Å². The first-order chi connectivity index (χ1) is 15.1. The SMILES string of the molecule is COc1cc(NC(=O)N2CCc3nc(NC(=O)c4cnccn4)sc3C2)cc(OC)c1. The van der Waals surface area contributed by atoms with E-state index in [0.717, 1.165) is 10.6 Å². The monoisotopic (exact) mass is 440 g/mol. The Balaban J connectivity index is 1.42. The zero-order valence-corrected chi connectivity index (χ0v) is 17.7. The molecule has 0 bridgehead atoms. The maximum absolute atomic E-state index is 12.8. The third-order valence-electron chi connectivity index (χ3n) is 4.64. The average molecular weight is 440 g/mol. The Bertz CT molecular complexity index is 1080. The summed E-state index contributed by atoms with van der Waals surface area (Å²) in [5.74, 6) is 0.795. The van der Waals surface area contributed by atoms with Gasteiger partial charge < -0.3 is 19.7 Å². The molecule has 3 heterocycles. The van der Waals surface area contributed by atoms with E-state index in [9.17, 15) is 9.59 Å². The molecule has 2 aromatic heterocycles. The summed E-state index contributed by atoms with van der Waals surface area (Å²) in [5.41, 5.74) is 1.67. The molecule has 0 saturated carbocycles. The summed E-state index contributed by atoms with van der Waals surface area (Å²) in [4.78, 5) is 40.0. The van der Waals surface area contributed by atoms with Gasteiger partial charge in [-0.15, -0.1) is 0 Å². The van der Waals surface area contributed by atoms with Gasteiger partial charge in [-0.25, -0.2) is 14.8 Å². The van der Waals surface area contributed by atoms with E-state index in [2.05, 4.69) is 25.6 Å². The molecule has 11 heteroatoms. The average Bonchev–Trinajstić information content (AvgIpc) is 3.20. The van der Waals surface area contributed by atoms with Crippen LogP contribution in [0.15, 0.2) is 36.8 Å². The summed E-state index contributed by atoms with van der Waals surface area (Å²) in [7, 11) is 3.11. The molecule has 4 rings (SSSR count). The molecule has 10 nitrogen and oxygen atoms in total. The lowest BCUT2D eigenvalue weighted by Crippen LogP contribution is -2.38. The number of nitrogens with zero attached hydrogens (tertiary/aromatic N) is 4. The molecule has 3 aromatic rings. The van der Waals surface area contributed by atoms with Crippen LogP contribution in [-0.2, 0) is 13.0 Å². The minimum Gasteiger partial charge on any atom is -0.497 e. The number of hydrogen-bond acceptors (Lipinski definition) is 8. The molecule has 160 valence electrons. The van der Waals surface area contributed by atoms with Crippen molar-refractivity contribution in [1.29, 1.82) is 0 Å². The van der Waals surface area contributed by atoms with Gasteiger partial charge in [0.05, 0.1) is 32.7 Å². The molecule has 0 aliphatic carbocycles. The summed E-state index contributed by atoms with van der Waals surface area (Å²) in [6.45, 7) is 0.919. The van der Waals surface area contributed by atoms with Gasteiger partial charge in [-0.3, -0.25) is 15.1 Å². The highest BCUT2D eigenvalue weighted by atomic mass is 32.1. The van der Waals surface area contributed by atoms with Gasteiger partial charge in [0.2, 0.25) is 0 Å². The fourth-order valence-corrected chi connectivity index (χ4v) is 4.10. The second kappa shape index (κ2) is 8.96. The molecule has 31 heavy (non-hydrogen) atoms. The largest absolute Gasteiger partial charge is 0.497 e. The van der Waals surface area contributed by atoms with Crippen molar-refractivity contribution in [3.8, 4) is 11.5 Å². The summed E-state index contributed by atoms with van der Waals surface area (Å²) in [5, 5.41) is 6.10. The highest BCUT2D eigenvalue weighted by Crippen LogP contribution is 2.30. The van der Waals surface area contributed by atoms with Crippen molar-refractivity contribution < 1.29 is 19.1 Å². The standard InChI is InChI=1S/C20H20N6O4S/c1-29-13-7-12(8-14(9-13)30-2)23-20(28)26-6-3-15-17(11-26)31-19(24-15)25-18(27)16-10-21-4-5-22-16/h4-5,7-10H,3,6,11H2,1-2H3,(H,23,28)(H,24,25,27). The van der Waals surface area contributed by atoms with E-state index in [0.29, 0.717) is 41.8 Å². The Labute approximate surface area is 182 Å². The van der Waals surface area contributed by atoms with Crippen LogP contribution in [0.3, 0.4) is 0 Å². The number of rotatable bonds is 5. The number of hydrogen-bond donors (Lipinski definition) is 2. The molecule has 0 saturated heterocycles. The number of aromatic nitrogens is 3. The number of carbonyl (C=O) groups excluding carboxylic acids is 2. The molecule has 1 aliphatic rings. The highest BCUT2D eigenvalue weighted by Gasteiger charge is 2.25. The third-order valence-corrected chi connectivity index (χ3v) is 5.64. The zero-order chi connectivity index (χ0) is 21.8. The second-order valence-electron chi connectivity index (χ2n) is 6.64. The summed E-state index contributed by atoms with van der Waals surface area (Å²) >= 11 is 1.35. The predicted molar refractivity (Wildman–Crippen MR) is 115 cm³/mol. The molecule has 0 atom stereocenters. The predicted octanol–water partition coefficient (Wildman–Crippen LogP) is 2.79. The molecular formula is C20H20N6O4S. The van der Waals surface area contributed by atoms with Gasteiger partial charge in [0.25, 0.3) is 5.91 Å². The summed E-state index contributed by atoms with van der Waals surface area (Å²) in [6.07, 6.45) is 4.94. The minimum absolute atomic E-state index is 0.213. The number of anilines is 2. The van der Waals surface area contributed by atoms with E-state index in [1.165, 1.54) is 29.9 Å². The Kier molecular flexibility index (Phi) is 5.94. The molecule has 1 aliphatic heterocycles. The van der Waals surface area contributed by atoms with E-state index < -0.39 is 0 Å². The topological polar surface area (TPSA) is 119 Å². The van der Waals surface area contributed by atoms with Crippen LogP contribution in [0.5, 0.6) is 11.5 Å². The molecule has 0 unspecified atom stereocenters. The number of thiazole rings is 1. The molecule has 1 aromatic carbocycles. The highest BCUT2D eigenvalue weighted by molar-refractivity contribution is 7.15. The van der Waals surface area contributed by atoms with Crippen molar-refractivity contribution in [3.63, 3.8) is 0 Å². The lowest BCUT2D eigenvalue weighted by atomic mass is 10.2. The van der Waals surface area contributed by atoms with E-state index in [1.54, 1.807) is 37.3 Å². The van der Waals surface area contributed by atoms with Crippen molar-refractivity contribution in [2.75, 3.05) is 31.4 Å². The van der Waals surface area contributed by atoms with E-state index in [-0.39, 0.29) is 17.6 Å². The quantitative estimate of drug-likeness (QED) is 0.626. The van der Waals surface area contributed by atoms with Gasteiger partial charge in [-0.1, -0.05) is 11.3 Å². The normalized spacial score (nSPS) is 12.6. The van der Waals surface area contributed by atoms with Crippen molar-refractivity contribution in [2.24, 2.45) is 0 Å². The van der Waals surface area contributed by atoms with Crippen molar-refractivity contribution in [2.45, 2.75) is 13.0 Å². The van der Waals surface area contributed by atoms with Gasteiger partial charge in [0.1, 0.15) is 17.2 Å². The van der Waals surface area contributed by atoms with Crippen LogP contribution in [0.25, 0.3) is 0 Å². The number of urea groups is 1. The number of amides is 3. The fourth-order valence-electron chi connectivity index (χ4n) is 3.08. The molecule has 0 fully saturated rings. The van der Waals surface area contributed by atoms with Crippen LogP contribution < -0.4 is 20.1 Å². The van der Waals surface area contributed by atoms with Gasteiger partial charge in [-0.2, -0.15) is 0 Å². The van der Waals surface area contributed by atoms with Crippen LogP contribution in [-0.4, -0.2) is 52.6 Å². The van der Waals surface area contributed by atoms with Crippen LogP contribution >= 0.6 is 11.3 Å². The van der Waals surface area contributed by atoms with Crippen LogP contribution in [0.4, 0.5) is 15.6 Å². The molecule has 0 radical (unpaired) electrons. The van der Waals surface area contributed by atoms with Gasteiger partial charge in [0, 0.05) is 54.1 Å². The van der Waals surface area contributed by atoms with Gasteiger partial charge in [-0.05, 0) is 0 Å². The number of nitrogens with one attached hydrogen (secondary N) is 2. The minimum atomic E-state index is -0.374. The first-order valence-corrected chi connectivity index (χ1v) is 10.2. The van der Waals surface area contributed by atoms with Crippen LogP contribution in [0.1, 0.15) is 21.1 Å². The Morgan fingerprint density at radius 1 is 1.10 bits per heavy atom. The summed E-state index contributed by atoms with van der Waals surface area (Å²) < 4.78 is 10.5. The maximum atomic E-state index is 12.8. The zero-order valence-electron chi connectivity index (χ0n) is 16.9. The molecule has 3 amide bonds. The Hall–Kier alpha value is -3.73. The van der Waals surface area contributed by atoms with Gasteiger partial charge >= 0.3 is 6.03 Å². The van der Waals surface area contributed by atoms with Gasteiger partial charge in [0.15, 0.2) is 5.13 Å². The Morgan fingerprint density at radius 3 is 2.55 bits per heavy atom. The number of fused-ring (bicyclic) bond motifs is 1.